The van der Waals surface area contributed by atoms with Gasteiger partial charge in [0.25, 0.3) is 0 Å². The molecule has 0 radical (unpaired) electrons. The number of aliphatic hydroxyl groups is 1. The van der Waals surface area contributed by atoms with Crippen molar-refractivity contribution in [1.29, 1.82) is 0 Å². The molecule has 0 heterocycles. The number of rotatable bonds is 8. The molecule has 0 unspecified atom stereocenters. The van der Waals surface area contributed by atoms with Gasteiger partial charge in [0.1, 0.15) is 6.10 Å². The Kier molecular flexibility index (Phi) is 9.30. The average Bonchev–Trinajstić information content (AvgIpc) is 3.11. The van der Waals surface area contributed by atoms with Gasteiger partial charge in [-0.3, -0.25) is 9.59 Å². The Morgan fingerprint density at radius 3 is 2.50 bits per heavy atom. The third-order valence-electron chi connectivity index (χ3n) is 9.08. The van der Waals surface area contributed by atoms with Crippen molar-refractivity contribution in [2.45, 2.75) is 118 Å². The van der Waals surface area contributed by atoms with Crippen LogP contribution in [-0.2, 0) is 19.1 Å². The van der Waals surface area contributed by atoms with Gasteiger partial charge in [0.15, 0.2) is 0 Å². The predicted molar refractivity (Wildman–Crippen MR) is 143 cm³/mol. The first kappa shape index (κ1) is 28.7. The van der Waals surface area contributed by atoms with Crippen LogP contribution in [0.5, 0.6) is 0 Å². The Bertz CT molecular complexity index is 899. The molecule has 36 heavy (non-hydrogen) atoms. The highest BCUT2D eigenvalue weighted by atomic mass is 16.7. The second-order valence-electron chi connectivity index (χ2n) is 12.4. The SMILES string of the molecule is C=C1/C(=C\C=C2/CCC[C@]3(C)[C@@H]([C@H](C)CCCC(C)C)CC[C@@H]23)C[C@@](O)(OC(C)=O)C[C@@H]1OC(C)=O. The lowest BCUT2D eigenvalue weighted by atomic mass is 9.60. The molecule has 3 aliphatic carbocycles. The van der Waals surface area contributed by atoms with Crippen LogP contribution in [0.25, 0.3) is 0 Å². The van der Waals surface area contributed by atoms with Crippen LogP contribution in [-0.4, -0.2) is 28.9 Å². The summed E-state index contributed by atoms with van der Waals surface area (Å²) in [6.45, 7) is 16.4. The van der Waals surface area contributed by atoms with Crippen molar-refractivity contribution in [1.82, 2.24) is 0 Å². The summed E-state index contributed by atoms with van der Waals surface area (Å²) < 4.78 is 10.7. The summed E-state index contributed by atoms with van der Waals surface area (Å²) >= 11 is 0. The Morgan fingerprint density at radius 1 is 1.14 bits per heavy atom. The Balaban J connectivity index is 1.81. The maximum atomic E-state index is 11.7. The van der Waals surface area contributed by atoms with Crippen molar-refractivity contribution < 1.29 is 24.2 Å². The van der Waals surface area contributed by atoms with E-state index in [2.05, 4.69) is 40.3 Å². The quantitative estimate of drug-likeness (QED) is 0.285. The summed E-state index contributed by atoms with van der Waals surface area (Å²) in [4.78, 5) is 23.3. The Morgan fingerprint density at radius 2 is 1.86 bits per heavy atom. The largest absolute Gasteiger partial charge is 0.457 e. The maximum absolute atomic E-state index is 11.7. The monoisotopic (exact) mass is 500 g/mol. The first-order chi connectivity index (χ1) is 16.8. The zero-order chi connectivity index (χ0) is 26.7. The van der Waals surface area contributed by atoms with Gasteiger partial charge in [0.2, 0.25) is 5.79 Å². The van der Waals surface area contributed by atoms with E-state index in [1.54, 1.807) is 0 Å². The fraction of sp³-hybridized carbons (Fsp3) is 0.742. The molecule has 202 valence electrons. The normalized spacial score (nSPS) is 35.7. The molecular formula is C31H48O5. The zero-order valence-corrected chi connectivity index (χ0v) is 23.4. The van der Waals surface area contributed by atoms with Crippen LogP contribution in [0.1, 0.15) is 106 Å². The first-order valence-electron chi connectivity index (χ1n) is 14.0. The van der Waals surface area contributed by atoms with Crippen molar-refractivity contribution in [3.05, 3.63) is 35.5 Å². The molecule has 1 N–H and O–H groups in total. The van der Waals surface area contributed by atoms with Crippen LogP contribution >= 0.6 is 0 Å². The molecule has 6 atom stereocenters. The van der Waals surface area contributed by atoms with E-state index in [1.165, 1.54) is 64.4 Å². The molecule has 3 rings (SSSR count). The molecule has 5 nitrogen and oxygen atoms in total. The van der Waals surface area contributed by atoms with Crippen molar-refractivity contribution in [2.24, 2.45) is 29.1 Å². The minimum absolute atomic E-state index is 0.00399. The van der Waals surface area contributed by atoms with Gasteiger partial charge in [-0.05, 0) is 72.3 Å². The van der Waals surface area contributed by atoms with Gasteiger partial charge in [0.05, 0.1) is 6.42 Å². The van der Waals surface area contributed by atoms with Crippen LogP contribution in [0.3, 0.4) is 0 Å². The van der Waals surface area contributed by atoms with Crippen LogP contribution in [0.4, 0.5) is 0 Å². The fourth-order valence-corrected chi connectivity index (χ4v) is 7.40. The van der Waals surface area contributed by atoms with Gasteiger partial charge in [-0.2, -0.15) is 0 Å². The number of hydrogen-bond acceptors (Lipinski definition) is 5. The van der Waals surface area contributed by atoms with Crippen molar-refractivity contribution in [3.8, 4) is 0 Å². The topological polar surface area (TPSA) is 72.8 Å². The molecular weight excluding hydrogens is 452 g/mol. The van der Waals surface area contributed by atoms with Crippen LogP contribution in [0.2, 0.25) is 0 Å². The van der Waals surface area contributed by atoms with E-state index in [4.69, 9.17) is 9.47 Å². The highest BCUT2D eigenvalue weighted by molar-refractivity contribution is 5.67. The van der Waals surface area contributed by atoms with Crippen LogP contribution in [0.15, 0.2) is 35.5 Å². The van der Waals surface area contributed by atoms with Gasteiger partial charge in [0, 0.05) is 20.3 Å². The van der Waals surface area contributed by atoms with Crippen LogP contribution < -0.4 is 0 Å². The molecule has 3 saturated carbocycles. The van der Waals surface area contributed by atoms with E-state index in [-0.39, 0.29) is 12.8 Å². The molecule has 0 spiro atoms. The molecule has 0 aromatic heterocycles. The summed E-state index contributed by atoms with van der Waals surface area (Å²) in [5.74, 6) is 0.141. The zero-order valence-electron chi connectivity index (χ0n) is 23.4. The van der Waals surface area contributed by atoms with Gasteiger partial charge in [-0.1, -0.05) is 71.3 Å². The van der Waals surface area contributed by atoms with E-state index in [0.29, 0.717) is 16.9 Å². The summed E-state index contributed by atoms with van der Waals surface area (Å²) in [7, 11) is 0. The number of allylic oxidation sites excluding steroid dienone is 3. The third-order valence-corrected chi connectivity index (χ3v) is 9.08. The lowest BCUT2D eigenvalue weighted by Crippen LogP contribution is -2.44. The van der Waals surface area contributed by atoms with E-state index >= 15 is 0 Å². The number of fused-ring (bicyclic) bond motifs is 1. The average molecular weight is 501 g/mol. The second-order valence-corrected chi connectivity index (χ2v) is 12.4. The Hall–Kier alpha value is -1.88. The number of carbonyl (C=O) groups is 2. The number of ether oxygens (including phenoxy) is 2. The number of carbonyl (C=O) groups excluding carboxylic acids is 2. The number of hydrogen-bond donors (Lipinski definition) is 1. The lowest BCUT2D eigenvalue weighted by Gasteiger charge is -2.44. The van der Waals surface area contributed by atoms with Crippen LogP contribution in [0, 0.1) is 29.1 Å². The summed E-state index contributed by atoms with van der Waals surface area (Å²) in [6.07, 6.45) is 13.7. The predicted octanol–water partition coefficient (Wildman–Crippen LogP) is 7.05. The lowest BCUT2D eigenvalue weighted by molar-refractivity contribution is -0.220. The summed E-state index contributed by atoms with van der Waals surface area (Å²) in [5, 5.41) is 11.0. The maximum Gasteiger partial charge on any atom is 0.305 e. The summed E-state index contributed by atoms with van der Waals surface area (Å²) in [5.41, 5.74) is 3.25. The molecule has 3 fully saturated rings. The van der Waals surface area contributed by atoms with E-state index in [0.717, 1.165) is 29.7 Å². The minimum atomic E-state index is -1.71. The van der Waals surface area contributed by atoms with Gasteiger partial charge in [-0.25, -0.2) is 0 Å². The van der Waals surface area contributed by atoms with Gasteiger partial charge in [-0.15, -0.1) is 0 Å². The summed E-state index contributed by atoms with van der Waals surface area (Å²) in [6, 6.07) is 0. The van der Waals surface area contributed by atoms with Crippen molar-refractivity contribution in [3.63, 3.8) is 0 Å². The molecule has 0 aromatic carbocycles. The first-order valence-corrected chi connectivity index (χ1v) is 14.0. The van der Waals surface area contributed by atoms with E-state index in [9.17, 15) is 14.7 Å². The second kappa shape index (κ2) is 11.7. The van der Waals surface area contributed by atoms with Gasteiger partial charge < -0.3 is 14.6 Å². The minimum Gasteiger partial charge on any atom is -0.457 e. The standard InChI is InChI=1S/C31H48O5/c1-20(2)10-8-11-21(3)27-15-16-28-25(12-9-17-30(27,28)7)13-14-26-18-31(34,36-24(6)33)19-29(22(26)4)35-23(5)32/h13-14,20-21,27-29,34H,4,8-12,15-19H2,1-3,5-7H3/b25-13+,26-14-/t21-,27-,28+,29+,30-,31-/m1/s1. The molecule has 0 bridgehead atoms. The highest BCUT2D eigenvalue weighted by Gasteiger charge is 2.50. The van der Waals surface area contributed by atoms with Crippen molar-refractivity contribution in [2.75, 3.05) is 0 Å². The third kappa shape index (κ3) is 6.70. The molecule has 0 aromatic rings. The Labute approximate surface area is 218 Å². The van der Waals surface area contributed by atoms with Gasteiger partial charge >= 0.3 is 11.9 Å². The molecule has 0 aliphatic heterocycles. The molecule has 0 saturated heterocycles. The smallest absolute Gasteiger partial charge is 0.305 e. The molecule has 0 amide bonds. The fourth-order valence-electron chi connectivity index (χ4n) is 7.40. The van der Waals surface area contributed by atoms with Crippen molar-refractivity contribution >= 4 is 11.9 Å². The molecule has 3 aliphatic rings. The molecule has 5 heteroatoms. The van der Waals surface area contributed by atoms with E-state index < -0.39 is 23.8 Å². The number of esters is 2. The highest BCUT2D eigenvalue weighted by Crippen LogP contribution is 2.60. The van der Waals surface area contributed by atoms with E-state index in [1.807, 2.05) is 6.08 Å².